The molecule has 2 N–H and O–H groups in total. The van der Waals surface area contributed by atoms with Crippen molar-refractivity contribution in [1.29, 1.82) is 0 Å². The summed E-state index contributed by atoms with van der Waals surface area (Å²) in [5, 5.41) is 0. The van der Waals surface area contributed by atoms with Crippen LogP contribution in [0.5, 0.6) is 0 Å². The molecule has 0 radical (unpaired) electrons. The monoisotopic (exact) mass is 258 g/mol. The summed E-state index contributed by atoms with van der Waals surface area (Å²) in [6.07, 6.45) is 2.78. The Morgan fingerprint density at radius 2 is 1.84 bits per heavy atom. The molecule has 0 aliphatic heterocycles. The number of hydrogen-bond donors (Lipinski definition) is 1. The zero-order chi connectivity index (χ0) is 13.7. The van der Waals surface area contributed by atoms with Crippen LogP contribution in [-0.2, 0) is 19.5 Å². The van der Waals surface area contributed by atoms with E-state index in [9.17, 15) is 0 Å². The Bertz CT molecular complexity index is 519. The molecule has 0 saturated heterocycles. The molecule has 0 amide bonds. The lowest BCUT2D eigenvalue weighted by Crippen LogP contribution is -2.21. The Hall–Kier alpha value is -1.58. The minimum absolute atomic E-state index is 0.612. The third-order valence-corrected chi connectivity index (χ3v) is 3.51. The Morgan fingerprint density at radius 1 is 1.11 bits per heavy atom. The molecule has 3 heteroatoms. The Balaban J connectivity index is 1.90. The van der Waals surface area contributed by atoms with Crippen molar-refractivity contribution >= 4 is 0 Å². The van der Waals surface area contributed by atoms with Crippen LogP contribution in [-0.4, -0.2) is 18.5 Å². The van der Waals surface area contributed by atoms with Crippen LogP contribution < -0.4 is 5.73 Å². The molecule has 1 heterocycles. The van der Waals surface area contributed by atoms with Crippen LogP contribution in [0.1, 0.15) is 22.5 Å². The van der Waals surface area contributed by atoms with E-state index < -0.39 is 0 Å². The van der Waals surface area contributed by atoms with Crippen molar-refractivity contribution in [3.05, 3.63) is 59.0 Å². The second-order valence-electron chi connectivity index (χ2n) is 4.96. The van der Waals surface area contributed by atoms with Crippen LogP contribution in [0.25, 0.3) is 0 Å². The maximum atomic E-state index is 5.76. The van der Waals surface area contributed by atoms with Crippen molar-refractivity contribution in [3.8, 4) is 0 Å². The molecule has 0 spiro atoms. The van der Waals surface area contributed by atoms with E-state index >= 15 is 0 Å². The van der Waals surface area contributed by atoms with Gasteiger partial charge in [-0.05, 0) is 37.6 Å². The molecule has 1 aromatic heterocycles. The van der Waals surface area contributed by atoms with E-state index in [1.165, 1.54) is 16.7 Å². The lowest BCUT2D eigenvalue weighted by molar-refractivity contribution is 0.328. The van der Waals surface area contributed by atoms with Crippen LogP contribution >= 0.6 is 0 Å². The van der Waals surface area contributed by atoms with Gasteiger partial charge in [0.05, 0.1) is 6.26 Å². The number of nitrogens with zero attached hydrogens (tertiary/aromatic N) is 1. The number of rotatable bonds is 6. The van der Waals surface area contributed by atoms with Gasteiger partial charge in [0.2, 0.25) is 0 Å². The van der Waals surface area contributed by atoms with Crippen molar-refractivity contribution in [3.63, 3.8) is 0 Å². The first-order valence-electron chi connectivity index (χ1n) is 6.69. The lowest BCUT2D eigenvalue weighted by Gasteiger charge is -2.17. The molecule has 19 heavy (non-hydrogen) atoms. The SMILES string of the molecule is Cc1occc1CN(C)CCc1ccccc1CN. The maximum Gasteiger partial charge on any atom is 0.105 e. The predicted molar refractivity (Wildman–Crippen MR) is 77.8 cm³/mol. The summed E-state index contributed by atoms with van der Waals surface area (Å²) in [5.41, 5.74) is 9.61. The summed E-state index contributed by atoms with van der Waals surface area (Å²) in [4.78, 5) is 2.31. The normalized spacial score (nSPS) is 11.2. The van der Waals surface area contributed by atoms with Gasteiger partial charge in [-0.1, -0.05) is 24.3 Å². The molecule has 2 rings (SSSR count). The van der Waals surface area contributed by atoms with Gasteiger partial charge in [0.25, 0.3) is 0 Å². The molecule has 0 fully saturated rings. The molecular weight excluding hydrogens is 236 g/mol. The highest BCUT2D eigenvalue weighted by atomic mass is 16.3. The van der Waals surface area contributed by atoms with E-state index in [1.54, 1.807) is 6.26 Å². The quantitative estimate of drug-likeness (QED) is 0.866. The third kappa shape index (κ3) is 3.69. The maximum absolute atomic E-state index is 5.76. The molecule has 0 unspecified atom stereocenters. The molecule has 1 aromatic carbocycles. The second-order valence-corrected chi connectivity index (χ2v) is 4.96. The number of hydrogen-bond acceptors (Lipinski definition) is 3. The van der Waals surface area contributed by atoms with Crippen LogP contribution in [0.2, 0.25) is 0 Å². The highest BCUT2D eigenvalue weighted by Gasteiger charge is 2.06. The van der Waals surface area contributed by atoms with E-state index in [0.717, 1.165) is 25.3 Å². The van der Waals surface area contributed by atoms with Crippen molar-refractivity contribution in [2.24, 2.45) is 5.73 Å². The molecule has 2 aromatic rings. The third-order valence-electron chi connectivity index (χ3n) is 3.51. The van der Waals surface area contributed by atoms with Crippen molar-refractivity contribution in [2.75, 3.05) is 13.6 Å². The van der Waals surface area contributed by atoms with E-state index in [0.29, 0.717) is 6.54 Å². The Labute approximate surface area is 115 Å². The molecule has 0 atom stereocenters. The van der Waals surface area contributed by atoms with Gasteiger partial charge >= 0.3 is 0 Å². The molecule has 0 aliphatic carbocycles. The van der Waals surface area contributed by atoms with Crippen molar-refractivity contribution in [2.45, 2.75) is 26.4 Å². The summed E-state index contributed by atoms with van der Waals surface area (Å²) in [6.45, 7) is 4.56. The Kier molecular flexibility index (Phi) is 4.77. The molecular formula is C16H22N2O. The van der Waals surface area contributed by atoms with Gasteiger partial charge in [-0.3, -0.25) is 0 Å². The molecule has 102 valence electrons. The number of furan rings is 1. The minimum Gasteiger partial charge on any atom is -0.469 e. The van der Waals surface area contributed by atoms with Crippen LogP contribution in [0.4, 0.5) is 0 Å². The van der Waals surface area contributed by atoms with Gasteiger partial charge in [0.15, 0.2) is 0 Å². The van der Waals surface area contributed by atoms with Crippen molar-refractivity contribution < 1.29 is 4.42 Å². The fourth-order valence-corrected chi connectivity index (χ4v) is 2.26. The van der Waals surface area contributed by atoms with Gasteiger partial charge in [0, 0.05) is 25.2 Å². The van der Waals surface area contributed by atoms with Gasteiger partial charge in [-0.25, -0.2) is 0 Å². The molecule has 0 bridgehead atoms. The molecule has 0 aliphatic rings. The summed E-state index contributed by atoms with van der Waals surface area (Å²) >= 11 is 0. The first-order valence-corrected chi connectivity index (χ1v) is 6.69. The number of likely N-dealkylation sites (N-methyl/N-ethyl adjacent to an activating group) is 1. The summed E-state index contributed by atoms with van der Waals surface area (Å²) < 4.78 is 5.32. The summed E-state index contributed by atoms with van der Waals surface area (Å²) in [6, 6.07) is 10.4. The number of benzene rings is 1. The average molecular weight is 258 g/mol. The van der Waals surface area contributed by atoms with Gasteiger partial charge in [0.1, 0.15) is 5.76 Å². The lowest BCUT2D eigenvalue weighted by atomic mass is 10.0. The van der Waals surface area contributed by atoms with Gasteiger partial charge in [-0.15, -0.1) is 0 Å². The summed E-state index contributed by atoms with van der Waals surface area (Å²) in [5.74, 6) is 1.01. The fourth-order valence-electron chi connectivity index (χ4n) is 2.26. The zero-order valence-electron chi connectivity index (χ0n) is 11.7. The first-order chi connectivity index (χ1) is 9.20. The van der Waals surface area contributed by atoms with Gasteiger partial charge in [-0.2, -0.15) is 0 Å². The Morgan fingerprint density at radius 3 is 2.47 bits per heavy atom. The first kappa shape index (κ1) is 13.8. The fraction of sp³-hybridized carbons (Fsp3) is 0.375. The van der Waals surface area contributed by atoms with Crippen LogP contribution in [0.15, 0.2) is 41.0 Å². The van der Waals surface area contributed by atoms with E-state index in [1.807, 2.05) is 19.1 Å². The van der Waals surface area contributed by atoms with E-state index in [2.05, 4.69) is 30.1 Å². The predicted octanol–water partition coefficient (Wildman–Crippen LogP) is 2.72. The molecule has 3 nitrogen and oxygen atoms in total. The van der Waals surface area contributed by atoms with Crippen molar-refractivity contribution in [1.82, 2.24) is 4.90 Å². The van der Waals surface area contributed by atoms with E-state index in [-0.39, 0.29) is 0 Å². The largest absolute Gasteiger partial charge is 0.469 e. The topological polar surface area (TPSA) is 42.4 Å². The standard InChI is InChI=1S/C16H22N2O/c1-13-16(8-10-19-13)12-18(2)9-7-14-5-3-4-6-15(14)11-17/h3-6,8,10H,7,9,11-12,17H2,1-2H3. The number of nitrogens with two attached hydrogens (primary N) is 1. The highest BCUT2D eigenvalue weighted by Crippen LogP contribution is 2.13. The highest BCUT2D eigenvalue weighted by molar-refractivity contribution is 5.27. The van der Waals surface area contributed by atoms with Crippen LogP contribution in [0, 0.1) is 6.92 Å². The molecule has 0 saturated carbocycles. The number of aryl methyl sites for hydroxylation is 1. The summed E-state index contributed by atoms with van der Waals surface area (Å²) in [7, 11) is 2.14. The zero-order valence-corrected chi connectivity index (χ0v) is 11.7. The second kappa shape index (κ2) is 6.55. The minimum atomic E-state index is 0.612. The van der Waals surface area contributed by atoms with Crippen LogP contribution in [0.3, 0.4) is 0 Å². The average Bonchev–Trinajstić information content (AvgIpc) is 2.82. The smallest absolute Gasteiger partial charge is 0.105 e. The van der Waals surface area contributed by atoms with E-state index in [4.69, 9.17) is 10.2 Å². The van der Waals surface area contributed by atoms with Gasteiger partial charge < -0.3 is 15.1 Å².